The summed E-state index contributed by atoms with van der Waals surface area (Å²) in [7, 11) is 0. The summed E-state index contributed by atoms with van der Waals surface area (Å²) in [6.07, 6.45) is 1.40. The number of carbonyl (C=O) groups is 5. The Morgan fingerprint density at radius 3 is 2.32 bits per heavy atom. The Balaban J connectivity index is 1.93. The number of ether oxygens (including phenoxy) is 1. The van der Waals surface area contributed by atoms with Crippen molar-refractivity contribution < 1.29 is 28.7 Å². The van der Waals surface area contributed by atoms with Crippen LogP contribution in [0, 0.1) is 0 Å². The van der Waals surface area contributed by atoms with Crippen molar-refractivity contribution in [3.8, 4) is 0 Å². The van der Waals surface area contributed by atoms with Crippen molar-refractivity contribution in [3.05, 3.63) is 48.0 Å². The second-order valence-corrected chi connectivity index (χ2v) is 5.87. The molecule has 0 bridgehead atoms. The first-order valence-corrected chi connectivity index (χ1v) is 8.43. The second-order valence-electron chi connectivity index (χ2n) is 5.87. The average molecular weight is 388 g/mol. The van der Waals surface area contributed by atoms with E-state index in [0.717, 1.165) is 22.6 Å². The molecule has 0 spiro atoms. The molecule has 10 nitrogen and oxygen atoms in total. The van der Waals surface area contributed by atoms with Crippen molar-refractivity contribution in [2.24, 2.45) is 5.73 Å². The van der Waals surface area contributed by atoms with Gasteiger partial charge in [0.25, 0.3) is 17.7 Å². The van der Waals surface area contributed by atoms with Crippen molar-refractivity contribution in [3.63, 3.8) is 0 Å². The standard InChI is InChI=1S/C18H20N4O6/c19-18(27)28-11-14(23)21-13(10-12-4-2-1-3-5-12)17(26)20-8-9-22-15(24)6-7-16(22)25/h1-7,13H,8-11H2,(H2,19,27)(H,20,26)(H,21,23)/t13-/m0/s1. The molecule has 1 aromatic rings. The van der Waals surface area contributed by atoms with E-state index < -0.39 is 42.4 Å². The van der Waals surface area contributed by atoms with Crippen molar-refractivity contribution >= 4 is 29.7 Å². The fourth-order valence-electron chi connectivity index (χ4n) is 2.50. The van der Waals surface area contributed by atoms with Crippen LogP contribution in [-0.2, 0) is 30.3 Å². The Labute approximate surface area is 160 Å². The topological polar surface area (TPSA) is 148 Å². The van der Waals surface area contributed by atoms with Gasteiger partial charge in [-0.15, -0.1) is 0 Å². The van der Waals surface area contributed by atoms with Crippen LogP contribution in [0.1, 0.15) is 5.56 Å². The smallest absolute Gasteiger partial charge is 0.405 e. The summed E-state index contributed by atoms with van der Waals surface area (Å²) >= 11 is 0. The largest absolute Gasteiger partial charge is 0.440 e. The van der Waals surface area contributed by atoms with E-state index in [-0.39, 0.29) is 19.5 Å². The molecule has 0 saturated carbocycles. The fourth-order valence-corrected chi connectivity index (χ4v) is 2.50. The molecule has 0 unspecified atom stereocenters. The summed E-state index contributed by atoms with van der Waals surface area (Å²) in [6.45, 7) is -0.583. The molecule has 5 amide bonds. The number of nitrogens with two attached hydrogens (primary N) is 1. The minimum Gasteiger partial charge on any atom is -0.440 e. The summed E-state index contributed by atoms with van der Waals surface area (Å²) in [5, 5.41) is 5.05. The van der Waals surface area contributed by atoms with E-state index in [2.05, 4.69) is 15.4 Å². The third kappa shape index (κ3) is 6.24. The summed E-state index contributed by atoms with van der Waals surface area (Å²) < 4.78 is 4.41. The van der Waals surface area contributed by atoms with Crippen LogP contribution < -0.4 is 16.4 Å². The number of hydrogen-bond donors (Lipinski definition) is 3. The van der Waals surface area contributed by atoms with Crippen LogP contribution in [0.2, 0.25) is 0 Å². The number of rotatable bonds is 9. The van der Waals surface area contributed by atoms with Crippen molar-refractivity contribution in [1.82, 2.24) is 15.5 Å². The number of nitrogens with zero attached hydrogens (tertiary/aromatic N) is 1. The molecule has 1 aliphatic heterocycles. The molecule has 0 saturated heterocycles. The van der Waals surface area contributed by atoms with Gasteiger partial charge < -0.3 is 21.1 Å². The quantitative estimate of drug-likeness (QED) is 0.455. The molecule has 10 heteroatoms. The van der Waals surface area contributed by atoms with E-state index in [1.165, 1.54) is 0 Å². The van der Waals surface area contributed by atoms with Gasteiger partial charge in [-0.25, -0.2) is 4.79 Å². The molecule has 0 fully saturated rings. The molecule has 2 rings (SSSR count). The minimum atomic E-state index is -1.10. The first-order chi connectivity index (χ1) is 13.4. The maximum Gasteiger partial charge on any atom is 0.405 e. The third-order valence-corrected chi connectivity index (χ3v) is 3.82. The van der Waals surface area contributed by atoms with Gasteiger partial charge in [0, 0.05) is 31.7 Å². The van der Waals surface area contributed by atoms with E-state index in [4.69, 9.17) is 5.73 Å². The maximum absolute atomic E-state index is 12.5. The van der Waals surface area contributed by atoms with Crippen LogP contribution in [0.5, 0.6) is 0 Å². The lowest BCUT2D eigenvalue weighted by molar-refractivity contribution is -0.137. The summed E-state index contributed by atoms with van der Waals surface area (Å²) in [5.41, 5.74) is 5.62. The molecule has 4 N–H and O–H groups in total. The van der Waals surface area contributed by atoms with Gasteiger partial charge in [0.1, 0.15) is 6.04 Å². The van der Waals surface area contributed by atoms with Crippen molar-refractivity contribution in [2.45, 2.75) is 12.5 Å². The number of imide groups is 1. The number of primary amides is 1. The van der Waals surface area contributed by atoms with Crippen LogP contribution >= 0.6 is 0 Å². The van der Waals surface area contributed by atoms with E-state index in [1.54, 1.807) is 24.3 Å². The molecule has 0 aliphatic carbocycles. The minimum absolute atomic E-state index is 0.00714. The SMILES string of the molecule is NC(=O)OCC(=O)N[C@@H](Cc1ccccc1)C(=O)NCCN1C(=O)C=CC1=O. The zero-order valence-electron chi connectivity index (χ0n) is 14.9. The number of hydrogen-bond acceptors (Lipinski definition) is 6. The zero-order valence-corrected chi connectivity index (χ0v) is 14.9. The Bertz CT molecular complexity index is 775. The number of carbonyl (C=O) groups excluding carboxylic acids is 5. The van der Waals surface area contributed by atoms with Gasteiger partial charge >= 0.3 is 6.09 Å². The predicted octanol–water partition coefficient (Wildman–Crippen LogP) is -1.15. The fraction of sp³-hybridized carbons (Fsp3) is 0.278. The Morgan fingerprint density at radius 1 is 1.07 bits per heavy atom. The third-order valence-electron chi connectivity index (χ3n) is 3.82. The normalized spacial score (nSPS) is 13.9. The zero-order chi connectivity index (χ0) is 20.5. The molecule has 28 heavy (non-hydrogen) atoms. The molecule has 0 radical (unpaired) electrons. The van der Waals surface area contributed by atoms with E-state index in [9.17, 15) is 24.0 Å². The second kappa shape index (κ2) is 9.86. The lowest BCUT2D eigenvalue weighted by atomic mass is 10.1. The molecular formula is C18H20N4O6. The van der Waals surface area contributed by atoms with Gasteiger partial charge in [-0.1, -0.05) is 30.3 Å². The van der Waals surface area contributed by atoms with Gasteiger partial charge in [-0.05, 0) is 5.56 Å². The molecule has 148 valence electrons. The van der Waals surface area contributed by atoms with Crippen molar-refractivity contribution in [1.29, 1.82) is 0 Å². The monoisotopic (exact) mass is 388 g/mol. The highest BCUT2D eigenvalue weighted by Gasteiger charge is 2.25. The predicted molar refractivity (Wildman–Crippen MR) is 96.5 cm³/mol. The molecule has 0 aromatic heterocycles. The molecule has 1 aromatic carbocycles. The Hall–Kier alpha value is -3.69. The van der Waals surface area contributed by atoms with Gasteiger partial charge in [0.2, 0.25) is 5.91 Å². The number of amides is 5. The van der Waals surface area contributed by atoms with Crippen LogP contribution in [0.25, 0.3) is 0 Å². The highest BCUT2D eigenvalue weighted by atomic mass is 16.5. The maximum atomic E-state index is 12.5. The molecule has 1 atom stereocenters. The first-order valence-electron chi connectivity index (χ1n) is 8.43. The average Bonchev–Trinajstić information content (AvgIpc) is 2.98. The molecule has 1 heterocycles. The Morgan fingerprint density at radius 2 is 1.71 bits per heavy atom. The van der Waals surface area contributed by atoms with Gasteiger partial charge in [-0.2, -0.15) is 0 Å². The summed E-state index contributed by atoms with van der Waals surface area (Å²) in [5.74, 6) is -2.10. The molecular weight excluding hydrogens is 368 g/mol. The molecule has 1 aliphatic rings. The number of benzene rings is 1. The van der Waals surface area contributed by atoms with Crippen LogP contribution in [-0.4, -0.2) is 60.4 Å². The van der Waals surface area contributed by atoms with Gasteiger partial charge in [0.05, 0.1) is 0 Å². The van der Waals surface area contributed by atoms with E-state index in [1.807, 2.05) is 6.07 Å². The first kappa shape index (κ1) is 20.6. The highest BCUT2D eigenvalue weighted by Crippen LogP contribution is 2.05. The number of nitrogens with one attached hydrogen (secondary N) is 2. The van der Waals surface area contributed by atoms with E-state index in [0.29, 0.717) is 0 Å². The van der Waals surface area contributed by atoms with Gasteiger partial charge in [-0.3, -0.25) is 24.1 Å². The van der Waals surface area contributed by atoms with Crippen LogP contribution in [0.15, 0.2) is 42.5 Å². The van der Waals surface area contributed by atoms with E-state index >= 15 is 0 Å². The summed E-state index contributed by atoms with van der Waals surface area (Å²) in [6, 6.07) is 8.03. The Kier molecular flexibility index (Phi) is 7.26. The summed E-state index contributed by atoms with van der Waals surface area (Å²) in [4.78, 5) is 59.0. The van der Waals surface area contributed by atoms with Gasteiger partial charge in [0.15, 0.2) is 6.61 Å². The lowest BCUT2D eigenvalue weighted by Gasteiger charge is -2.20. The highest BCUT2D eigenvalue weighted by molar-refractivity contribution is 6.12. The van der Waals surface area contributed by atoms with Crippen molar-refractivity contribution in [2.75, 3.05) is 19.7 Å². The lowest BCUT2D eigenvalue weighted by Crippen LogP contribution is -2.50. The van der Waals surface area contributed by atoms with Crippen LogP contribution in [0.3, 0.4) is 0 Å². The van der Waals surface area contributed by atoms with Crippen LogP contribution in [0.4, 0.5) is 4.79 Å².